The highest BCUT2D eigenvalue weighted by atomic mass is 16.2. The van der Waals surface area contributed by atoms with Crippen LogP contribution in [0.3, 0.4) is 0 Å². The number of amides is 2. The summed E-state index contributed by atoms with van der Waals surface area (Å²) in [5, 5.41) is 9.30. The number of pyridine rings is 1. The molecule has 0 saturated carbocycles. The number of rotatable bonds is 5. The number of Topliss-reactive ketones (excluding diaryl/α,β-unsaturated/α-hetero) is 1. The van der Waals surface area contributed by atoms with Crippen LogP contribution in [0, 0.1) is 0 Å². The van der Waals surface area contributed by atoms with Gasteiger partial charge in [0, 0.05) is 17.4 Å². The van der Waals surface area contributed by atoms with Crippen LogP contribution in [0.1, 0.15) is 27.8 Å². The summed E-state index contributed by atoms with van der Waals surface area (Å²) in [6.45, 7) is 1.26. The van der Waals surface area contributed by atoms with Crippen LogP contribution in [0.4, 0.5) is 5.69 Å². The summed E-state index contributed by atoms with van der Waals surface area (Å²) in [4.78, 5) is 35.4. The molecule has 0 aliphatic heterocycles. The molecule has 0 bridgehead atoms. The number of ketones is 1. The van der Waals surface area contributed by atoms with Gasteiger partial charge in [0.1, 0.15) is 0 Å². The van der Waals surface area contributed by atoms with Crippen molar-refractivity contribution in [1.29, 1.82) is 0 Å². The summed E-state index contributed by atoms with van der Waals surface area (Å²) in [6.07, 6.45) is 1.74. The maximum Gasteiger partial charge on any atom is 0.272 e. The second kappa shape index (κ2) is 6.96. The van der Waals surface area contributed by atoms with Gasteiger partial charge in [0.15, 0.2) is 11.5 Å². The Kier molecular flexibility index (Phi) is 4.56. The van der Waals surface area contributed by atoms with Crippen LogP contribution in [0.5, 0.6) is 0 Å². The van der Waals surface area contributed by atoms with Gasteiger partial charge in [0.05, 0.1) is 12.1 Å². The molecule has 0 spiro atoms. The molecule has 0 fully saturated rings. The Bertz CT molecular complexity index is 929. The van der Waals surface area contributed by atoms with E-state index >= 15 is 0 Å². The number of benzene rings is 1. The summed E-state index contributed by atoms with van der Waals surface area (Å²) in [5.41, 5.74) is 2.03. The molecule has 3 aromatic rings. The Morgan fingerprint density at radius 3 is 2.68 bits per heavy atom. The average molecular weight is 336 g/mol. The highest BCUT2D eigenvalue weighted by Crippen LogP contribution is 2.11. The molecule has 0 aliphatic carbocycles. The standard InChI is InChI=1S/C18H16N4O3/c1-12(23)13-5-4-6-14(9-13)20-17(24)11-19-18(25)16-10-15-7-2-3-8-22(15)21-16/h2-10H,11H2,1H3,(H,19,25)(H,20,24). The van der Waals surface area contributed by atoms with E-state index in [1.54, 1.807) is 41.0 Å². The molecule has 25 heavy (non-hydrogen) atoms. The van der Waals surface area contributed by atoms with Crippen molar-refractivity contribution < 1.29 is 14.4 Å². The van der Waals surface area contributed by atoms with Crippen LogP contribution in [0.2, 0.25) is 0 Å². The molecule has 7 nitrogen and oxygen atoms in total. The first-order valence-corrected chi connectivity index (χ1v) is 7.66. The summed E-state index contributed by atoms with van der Waals surface area (Å²) in [6, 6.07) is 13.7. The van der Waals surface area contributed by atoms with Crippen LogP contribution in [-0.4, -0.2) is 33.8 Å². The van der Waals surface area contributed by atoms with Gasteiger partial charge in [0.25, 0.3) is 5.91 Å². The number of nitrogens with zero attached hydrogens (tertiary/aromatic N) is 2. The van der Waals surface area contributed by atoms with Gasteiger partial charge in [-0.2, -0.15) is 5.10 Å². The third-order valence-electron chi connectivity index (χ3n) is 3.56. The van der Waals surface area contributed by atoms with Gasteiger partial charge in [0.2, 0.25) is 5.91 Å². The minimum absolute atomic E-state index is 0.0868. The lowest BCUT2D eigenvalue weighted by Crippen LogP contribution is -2.33. The zero-order valence-electron chi connectivity index (χ0n) is 13.5. The minimum atomic E-state index is -0.434. The van der Waals surface area contributed by atoms with Gasteiger partial charge in [-0.25, -0.2) is 4.52 Å². The number of anilines is 1. The fourth-order valence-electron chi connectivity index (χ4n) is 2.32. The van der Waals surface area contributed by atoms with E-state index < -0.39 is 11.8 Å². The zero-order valence-corrected chi connectivity index (χ0v) is 13.5. The molecule has 3 rings (SSSR count). The molecule has 2 amide bonds. The van der Waals surface area contributed by atoms with Crippen LogP contribution < -0.4 is 10.6 Å². The second-order valence-electron chi connectivity index (χ2n) is 5.47. The number of carbonyl (C=O) groups is 3. The predicted molar refractivity (Wildman–Crippen MR) is 92.6 cm³/mol. The van der Waals surface area contributed by atoms with Gasteiger partial charge in [-0.05, 0) is 37.3 Å². The number of hydrogen-bond acceptors (Lipinski definition) is 4. The molecule has 0 radical (unpaired) electrons. The van der Waals surface area contributed by atoms with Gasteiger partial charge in [-0.1, -0.05) is 18.2 Å². The van der Waals surface area contributed by atoms with E-state index in [1.807, 2.05) is 18.2 Å². The molecule has 0 atom stereocenters. The lowest BCUT2D eigenvalue weighted by atomic mass is 10.1. The highest BCUT2D eigenvalue weighted by molar-refractivity contribution is 6.00. The van der Waals surface area contributed by atoms with Crippen LogP contribution in [0.15, 0.2) is 54.7 Å². The fraction of sp³-hybridized carbons (Fsp3) is 0.111. The van der Waals surface area contributed by atoms with Crippen molar-refractivity contribution in [2.45, 2.75) is 6.92 Å². The number of fused-ring (bicyclic) bond motifs is 1. The Morgan fingerprint density at radius 1 is 1.08 bits per heavy atom. The summed E-state index contributed by atoms with van der Waals surface area (Å²) in [7, 11) is 0. The molecule has 0 unspecified atom stereocenters. The second-order valence-corrected chi connectivity index (χ2v) is 5.47. The first-order chi connectivity index (χ1) is 12.0. The largest absolute Gasteiger partial charge is 0.342 e. The molecule has 2 aromatic heterocycles. The molecule has 126 valence electrons. The maximum absolute atomic E-state index is 12.1. The fourth-order valence-corrected chi connectivity index (χ4v) is 2.32. The lowest BCUT2D eigenvalue weighted by Gasteiger charge is -2.07. The minimum Gasteiger partial charge on any atom is -0.342 e. The van der Waals surface area contributed by atoms with Crippen LogP contribution >= 0.6 is 0 Å². The zero-order chi connectivity index (χ0) is 17.8. The number of carbonyl (C=O) groups excluding carboxylic acids is 3. The van der Waals surface area contributed by atoms with E-state index in [-0.39, 0.29) is 18.0 Å². The monoisotopic (exact) mass is 336 g/mol. The summed E-state index contributed by atoms with van der Waals surface area (Å²) >= 11 is 0. The SMILES string of the molecule is CC(=O)c1cccc(NC(=O)CNC(=O)c2cc3ccccn3n2)c1. The van der Waals surface area contributed by atoms with Crippen LogP contribution in [-0.2, 0) is 4.79 Å². The molecule has 0 aliphatic rings. The molecule has 2 N–H and O–H groups in total. The van der Waals surface area contributed by atoms with Crippen molar-refractivity contribution in [2.75, 3.05) is 11.9 Å². The van der Waals surface area contributed by atoms with E-state index in [1.165, 1.54) is 6.92 Å². The molecule has 1 aromatic carbocycles. The first-order valence-electron chi connectivity index (χ1n) is 7.66. The van der Waals surface area contributed by atoms with E-state index in [9.17, 15) is 14.4 Å². The molecular weight excluding hydrogens is 320 g/mol. The predicted octanol–water partition coefficient (Wildman–Crippen LogP) is 1.91. The molecular formula is C18H16N4O3. The van der Waals surface area contributed by atoms with E-state index in [0.717, 1.165) is 5.52 Å². The maximum atomic E-state index is 12.1. The van der Waals surface area contributed by atoms with Crippen molar-refractivity contribution >= 4 is 28.8 Å². The van der Waals surface area contributed by atoms with Crippen molar-refractivity contribution in [2.24, 2.45) is 0 Å². The van der Waals surface area contributed by atoms with Gasteiger partial charge < -0.3 is 10.6 Å². The van der Waals surface area contributed by atoms with Crippen molar-refractivity contribution in [3.05, 3.63) is 66.0 Å². The van der Waals surface area contributed by atoms with Crippen molar-refractivity contribution in [1.82, 2.24) is 14.9 Å². The van der Waals surface area contributed by atoms with E-state index in [2.05, 4.69) is 15.7 Å². The Morgan fingerprint density at radius 2 is 1.92 bits per heavy atom. The molecule has 7 heteroatoms. The average Bonchev–Trinajstić information content (AvgIpc) is 3.04. The van der Waals surface area contributed by atoms with Crippen molar-refractivity contribution in [3.8, 4) is 0 Å². The summed E-state index contributed by atoms with van der Waals surface area (Å²) < 4.78 is 1.59. The Labute approximate surface area is 143 Å². The third kappa shape index (κ3) is 3.89. The smallest absolute Gasteiger partial charge is 0.272 e. The van der Waals surface area contributed by atoms with Gasteiger partial charge >= 0.3 is 0 Å². The normalized spacial score (nSPS) is 10.4. The number of nitrogens with one attached hydrogen (secondary N) is 2. The summed E-state index contributed by atoms with van der Waals surface area (Å²) in [5.74, 6) is -0.912. The quantitative estimate of drug-likeness (QED) is 0.696. The number of hydrogen-bond donors (Lipinski definition) is 2. The van der Waals surface area contributed by atoms with E-state index in [0.29, 0.717) is 11.3 Å². The van der Waals surface area contributed by atoms with Gasteiger partial charge in [-0.3, -0.25) is 14.4 Å². The topological polar surface area (TPSA) is 92.6 Å². The first kappa shape index (κ1) is 16.4. The molecule has 2 heterocycles. The number of aromatic nitrogens is 2. The highest BCUT2D eigenvalue weighted by Gasteiger charge is 2.12. The van der Waals surface area contributed by atoms with E-state index in [4.69, 9.17) is 0 Å². The Hall–Kier alpha value is -3.48. The Balaban J connectivity index is 1.59. The van der Waals surface area contributed by atoms with Gasteiger partial charge in [-0.15, -0.1) is 0 Å². The molecule has 0 saturated heterocycles. The van der Waals surface area contributed by atoms with Crippen LogP contribution in [0.25, 0.3) is 5.52 Å². The van der Waals surface area contributed by atoms with Crippen molar-refractivity contribution in [3.63, 3.8) is 0 Å². The lowest BCUT2D eigenvalue weighted by molar-refractivity contribution is -0.115. The third-order valence-corrected chi connectivity index (χ3v) is 3.56.